The molecule has 4 atom stereocenters. The third-order valence-corrected chi connectivity index (χ3v) is 4.93. The molecule has 0 N–H and O–H groups in total. The molecule has 0 aromatic rings. The summed E-state index contributed by atoms with van der Waals surface area (Å²) in [5, 5.41) is 0. The fourth-order valence-corrected chi connectivity index (χ4v) is 4.17. The first-order valence-corrected chi connectivity index (χ1v) is 6.05. The third-order valence-electron chi connectivity index (χ3n) is 4.93. The molecule has 1 heteroatoms. The molecule has 1 nitrogen and oxygen atoms in total. The van der Waals surface area contributed by atoms with E-state index in [1.165, 1.54) is 25.8 Å². The van der Waals surface area contributed by atoms with Crippen LogP contribution in [0, 0.1) is 17.8 Å². The topological polar surface area (TPSA) is 3.24 Å². The number of fused-ring (bicyclic) bond motifs is 2. The number of likely N-dealkylation sites (tertiary alicyclic amines) is 1. The number of nitrogens with zero attached hydrogens (tertiary/aromatic N) is 1. The van der Waals surface area contributed by atoms with Crippen molar-refractivity contribution in [1.82, 2.24) is 4.90 Å². The molecule has 3 aliphatic rings. The molecule has 0 amide bonds. The fraction of sp³-hybridized carbons (Fsp3) is 1.00. The Kier molecular flexibility index (Phi) is 1.90. The molecule has 2 saturated carbocycles. The monoisotopic (exact) mass is 179 g/mol. The van der Waals surface area contributed by atoms with Crippen molar-refractivity contribution in [3.05, 3.63) is 0 Å². The van der Waals surface area contributed by atoms with Crippen molar-refractivity contribution >= 4 is 0 Å². The van der Waals surface area contributed by atoms with Gasteiger partial charge in [0.2, 0.25) is 0 Å². The predicted molar refractivity (Wildman–Crippen MR) is 54.6 cm³/mol. The van der Waals surface area contributed by atoms with Crippen molar-refractivity contribution in [2.45, 2.75) is 44.6 Å². The zero-order chi connectivity index (χ0) is 8.84. The lowest BCUT2D eigenvalue weighted by atomic mass is 9.73. The second-order valence-electron chi connectivity index (χ2n) is 5.52. The summed E-state index contributed by atoms with van der Waals surface area (Å²) in [4.78, 5) is 2.62. The zero-order valence-electron chi connectivity index (χ0n) is 8.71. The van der Waals surface area contributed by atoms with Crippen LogP contribution >= 0.6 is 0 Å². The molecule has 0 bridgehead atoms. The molecule has 0 radical (unpaired) electrons. The first-order valence-electron chi connectivity index (χ1n) is 6.05. The highest BCUT2D eigenvalue weighted by molar-refractivity contribution is 4.96. The molecular weight excluding hydrogens is 158 g/mol. The Balaban J connectivity index is 1.76. The van der Waals surface area contributed by atoms with Gasteiger partial charge in [0.15, 0.2) is 0 Å². The minimum absolute atomic E-state index is 0.972. The molecule has 0 spiro atoms. The normalized spacial score (nSPS) is 50.5. The quantitative estimate of drug-likeness (QED) is 0.552. The van der Waals surface area contributed by atoms with E-state index in [0.29, 0.717) is 0 Å². The zero-order valence-corrected chi connectivity index (χ0v) is 8.71. The average Bonchev–Trinajstić information content (AvgIpc) is 2.70. The Bertz CT molecular complexity index is 201. The molecule has 74 valence electrons. The number of rotatable bonds is 0. The minimum atomic E-state index is 0.972. The van der Waals surface area contributed by atoms with E-state index in [-0.39, 0.29) is 0 Å². The van der Waals surface area contributed by atoms with Gasteiger partial charge in [-0.2, -0.15) is 0 Å². The van der Waals surface area contributed by atoms with Crippen molar-refractivity contribution in [3.63, 3.8) is 0 Å². The molecule has 0 aromatic carbocycles. The van der Waals surface area contributed by atoms with Crippen LogP contribution < -0.4 is 0 Å². The number of hydrogen-bond acceptors (Lipinski definition) is 1. The molecule has 0 aromatic heterocycles. The Morgan fingerprint density at radius 1 is 0.923 bits per heavy atom. The molecule has 3 fully saturated rings. The van der Waals surface area contributed by atoms with Crippen LogP contribution in [0.4, 0.5) is 0 Å². The Morgan fingerprint density at radius 3 is 2.54 bits per heavy atom. The van der Waals surface area contributed by atoms with E-state index < -0.39 is 0 Å². The van der Waals surface area contributed by atoms with Gasteiger partial charge in [-0.15, -0.1) is 0 Å². The first-order chi connectivity index (χ1) is 6.34. The van der Waals surface area contributed by atoms with Crippen molar-refractivity contribution in [2.75, 3.05) is 13.6 Å². The van der Waals surface area contributed by atoms with Gasteiger partial charge in [-0.3, -0.25) is 0 Å². The standard InChI is InChI=1S/C12H21N/c1-13-6-5-11-7-9-3-2-4-10(9)8-12(11)13/h9-12H,2-8H2,1H3. The lowest BCUT2D eigenvalue weighted by Gasteiger charge is -2.37. The van der Waals surface area contributed by atoms with E-state index in [0.717, 1.165) is 23.8 Å². The summed E-state index contributed by atoms with van der Waals surface area (Å²) in [7, 11) is 2.33. The second kappa shape index (κ2) is 2.98. The maximum Gasteiger partial charge on any atom is 0.0124 e. The van der Waals surface area contributed by atoms with Crippen LogP contribution in [-0.4, -0.2) is 24.5 Å². The first kappa shape index (κ1) is 8.28. The smallest absolute Gasteiger partial charge is 0.0124 e. The van der Waals surface area contributed by atoms with Crippen LogP contribution in [0.5, 0.6) is 0 Å². The molecule has 2 aliphatic carbocycles. The lowest BCUT2D eigenvalue weighted by molar-refractivity contribution is 0.133. The Morgan fingerprint density at radius 2 is 1.69 bits per heavy atom. The molecule has 1 saturated heterocycles. The molecule has 4 unspecified atom stereocenters. The van der Waals surface area contributed by atoms with Crippen molar-refractivity contribution in [3.8, 4) is 0 Å². The highest BCUT2D eigenvalue weighted by atomic mass is 15.2. The van der Waals surface area contributed by atoms with Crippen LogP contribution in [0.2, 0.25) is 0 Å². The van der Waals surface area contributed by atoms with Crippen molar-refractivity contribution in [2.24, 2.45) is 17.8 Å². The average molecular weight is 179 g/mol. The van der Waals surface area contributed by atoms with E-state index in [1.807, 2.05) is 0 Å². The van der Waals surface area contributed by atoms with Crippen LogP contribution in [0.15, 0.2) is 0 Å². The summed E-state index contributed by atoms with van der Waals surface area (Å²) in [6, 6.07) is 0.972. The van der Waals surface area contributed by atoms with Gasteiger partial charge in [0.25, 0.3) is 0 Å². The van der Waals surface area contributed by atoms with Gasteiger partial charge in [0, 0.05) is 6.04 Å². The fourth-order valence-electron chi connectivity index (χ4n) is 4.17. The summed E-state index contributed by atoms with van der Waals surface area (Å²) < 4.78 is 0. The second-order valence-corrected chi connectivity index (χ2v) is 5.52. The van der Waals surface area contributed by atoms with Gasteiger partial charge in [0.05, 0.1) is 0 Å². The van der Waals surface area contributed by atoms with Crippen LogP contribution in [-0.2, 0) is 0 Å². The van der Waals surface area contributed by atoms with Crippen LogP contribution in [0.3, 0.4) is 0 Å². The lowest BCUT2D eigenvalue weighted by Crippen LogP contribution is -2.37. The summed E-state index contributed by atoms with van der Waals surface area (Å²) >= 11 is 0. The van der Waals surface area contributed by atoms with E-state index >= 15 is 0 Å². The summed E-state index contributed by atoms with van der Waals surface area (Å²) in [6.07, 6.45) is 9.22. The van der Waals surface area contributed by atoms with E-state index in [9.17, 15) is 0 Å². The van der Waals surface area contributed by atoms with E-state index in [1.54, 1.807) is 19.3 Å². The highest BCUT2D eigenvalue weighted by Crippen LogP contribution is 2.48. The van der Waals surface area contributed by atoms with Gasteiger partial charge < -0.3 is 4.90 Å². The third kappa shape index (κ3) is 1.24. The summed E-state index contributed by atoms with van der Waals surface area (Å²) in [5.41, 5.74) is 0. The number of hydrogen-bond donors (Lipinski definition) is 0. The van der Waals surface area contributed by atoms with Crippen molar-refractivity contribution < 1.29 is 0 Å². The minimum Gasteiger partial charge on any atom is -0.303 e. The SMILES string of the molecule is CN1CCC2CC3CCCC3CC21. The van der Waals surface area contributed by atoms with Crippen molar-refractivity contribution in [1.29, 1.82) is 0 Å². The van der Waals surface area contributed by atoms with E-state index in [2.05, 4.69) is 11.9 Å². The predicted octanol–water partition coefficient (Wildman–Crippen LogP) is 2.52. The molecular formula is C12H21N. The molecule has 13 heavy (non-hydrogen) atoms. The Hall–Kier alpha value is -0.0400. The highest BCUT2D eigenvalue weighted by Gasteiger charge is 2.43. The molecule has 1 aliphatic heterocycles. The van der Waals surface area contributed by atoms with Crippen LogP contribution in [0.25, 0.3) is 0 Å². The molecule has 3 rings (SSSR count). The van der Waals surface area contributed by atoms with Gasteiger partial charge in [-0.25, -0.2) is 0 Å². The molecule has 1 heterocycles. The van der Waals surface area contributed by atoms with Crippen LogP contribution in [0.1, 0.15) is 38.5 Å². The Labute approximate surface area is 81.5 Å². The van der Waals surface area contributed by atoms with Gasteiger partial charge in [-0.1, -0.05) is 19.3 Å². The maximum atomic E-state index is 2.62. The van der Waals surface area contributed by atoms with Gasteiger partial charge in [0.1, 0.15) is 0 Å². The maximum absolute atomic E-state index is 2.62. The summed E-state index contributed by atoms with van der Waals surface area (Å²) in [5.74, 6) is 3.32. The summed E-state index contributed by atoms with van der Waals surface area (Å²) in [6.45, 7) is 1.37. The van der Waals surface area contributed by atoms with Gasteiger partial charge >= 0.3 is 0 Å². The largest absolute Gasteiger partial charge is 0.303 e. The van der Waals surface area contributed by atoms with E-state index in [4.69, 9.17) is 0 Å². The van der Waals surface area contributed by atoms with Gasteiger partial charge in [-0.05, 0) is 50.6 Å².